The summed E-state index contributed by atoms with van der Waals surface area (Å²) in [4.78, 5) is 40.5. The third-order valence-corrected chi connectivity index (χ3v) is 5.70. The van der Waals surface area contributed by atoms with E-state index in [9.17, 15) is 14.4 Å². The number of hydrogen-bond acceptors (Lipinski definition) is 6. The van der Waals surface area contributed by atoms with E-state index in [2.05, 4.69) is 64.6 Å². The molecule has 180 valence electrons. The quantitative estimate of drug-likeness (QED) is 0.262. The van der Waals surface area contributed by atoms with Gasteiger partial charge in [-0.3, -0.25) is 15.4 Å². The third-order valence-electron chi connectivity index (χ3n) is 3.76. The summed E-state index contributed by atoms with van der Waals surface area (Å²) in [7, 11) is 0. The summed E-state index contributed by atoms with van der Waals surface area (Å²) < 4.78 is 13.6. The van der Waals surface area contributed by atoms with Crippen LogP contribution >= 0.6 is 31.9 Å². The summed E-state index contributed by atoms with van der Waals surface area (Å²) in [5, 5.41) is 7.58. The van der Waals surface area contributed by atoms with Crippen LogP contribution in [0, 0.1) is 11.8 Å². The minimum Gasteiger partial charge on any atom is -0.444 e. The molecule has 3 amide bonds. The molecule has 3 N–H and O–H groups in total. The molecule has 1 aromatic heterocycles. The number of amides is 3. The summed E-state index contributed by atoms with van der Waals surface area (Å²) in [6, 6.07) is 1.38. The Morgan fingerprint density at radius 1 is 1.15 bits per heavy atom. The van der Waals surface area contributed by atoms with E-state index in [1.165, 1.54) is 0 Å². The molecule has 1 aliphatic heterocycles. The number of carbonyl (C=O) groups excluding carboxylic acids is 3. The lowest BCUT2D eigenvalue weighted by Crippen LogP contribution is -2.47. The van der Waals surface area contributed by atoms with Gasteiger partial charge >= 0.3 is 12.2 Å². The van der Waals surface area contributed by atoms with Crippen molar-refractivity contribution in [3.63, 3.8) is 0 Å². The SMILES string of the molecule is CC(C)(C)OC(=O)NC(=NCC#C[C@H]1CNC(=O)c2cc(Br)c(Br)n21)NC(=O)OC(C)(C)C. The number of guanidine groups is 1. The van der Waals surface area contributed by atoms with Crippen molar-refractivity contribution in [2.24, 2.45) is 4.99 Å². The molecule has 0 bridgehead atoms. The highest BCUT2D eigenvalue weighted by Gasteiger charge is 2.27. The molecule has 0 saturated carbocycles. The van der Waals surface area contributed by atoms with Gasteiger partial charge in [0, 0.05) is 0 Å². The maximum Gasteiger partial charge on any atom is 0.414 e. The normalized spacial score (nSPS) is 15.3. The van der Waals surface area contributed by atoms with Crippen molar-refractivity contribution in [1.29, 1.82) is 0 Å². The first-order chi connectivity index (χ1) is 15.2. The number of rotatable bonds is 1. The number of hydrogen-bond donors (Lipinski definition) is 3. The average molecular weight is 589 g/mol. The average Bonchev–Trinajstić information content (AvgIpc) is 2.93. The Kier molecular flexibility index (Phi) is 8.59. The fourth-order valence-electron chi connectivity index (χ4n) is 2.63. The number of carbonyl (C=O) groups is 3. The van der Waals surface area contributed by atoms with Crippen molar-refractivity contribution < 1.29 is 23.9 Å². The lowest BCUT2D eigenvalue weighted by molar-refractivity contribution is 0.0544. The Hall–Kier alpha value is -2.52. The molecule has 0 aliphatic carbocycles. The van der Waals surface area contributed by atoms with Crippen LogP contribution in [0.5, 0.6) is 0 Å². The molecule has 0 fully saturated rings. The molecular weight excluding hydrogens is 562 g/mol. The van der Waals surface area contributed by atoms with E-state index in [1.54, 1.807) is 52.2 Å². The topological polar surface area (TPSA) is 123 Å². The maximum atomic E-state index is 12.1. The van der Waals surface area contributed by atoms with E-state index >= 15 is 0 Å². The van der Waals surface area contributed by atoms with Crippen molar-refractivity contribution >= 4 is 55.9 Å². The zero-order valence-corrected chi connectivity index (χ0v) is 22.4. The zero-order chi connectivity index (χ0) is 25.0. The first-order valence-corrected chi connectivity index (χ1v) is 11.6. The number of fused-ring (bicyclic) bond motifs is 1. The monoisotopic (exact) mass is 587 g/mol. The van der Waals surface area contributed by atoms with Gasteiger partial charge in [0.1, 0.15) is 34.1 Å². The second-order valence-corrected chi connectivity index (χ2v) is 10.6. The van der Waals surface area contributed by atoms with Crippen molar-refractivity contribution in [3.05, 3.63) is 20.8 Å². The van der Waals surface area contributed by atoms with Gasteiger partial charge in [-0.2, -0.15) is 0 Å². The number of nitrogens with zero attached hydrogens (tertiary/aromatic N) is 2. The van der Waals surface area contributed by atoms with Crippen molar-refractivity contribution in [2.75, 3.05) is 13.1 Å². The highest BCUT2D eigenvalue weighted by atomic mass is 79.9. The second kappa shape index (κ2) is 10.6. The summed E-state index contributed by atoms with van der Waals surface area (Å²) in [6.07, 6.45) is -1.57. The largest absolute Gasteiger partial charge is 0.444 e. The third kappa shape index (κ3) is 8.40. The van der Waals surface area contributed by atoms with Crippen LogP contribution in [0.2, 0.25) is 0 Å². The Morgan fingerprint density at radius 3 is 2.21 bits per heavy atom. The first kappa shape index (κ1) is 26.7. The van der Waals surface area contributed by atoms with Gasteiger partial charge in [-0.25, -0.2) is 14.6 Å². The highest BCUT2D eigenvalue weighted by Crippen LogP contribution is 2.32. The van der Waals surface area contributed by atoms with Crippen molar-refractivity contribution in [3.8, 4) is 11.8 Å². The van der Waals surface area contributed by atoms with Gasteiger partial charge < -0.3 is 19.4 Å². The van der Waals surface area contributed by atoms with Gasteiger partial charge in [0.15, 0.2) is 0 Å². The number of aliphatic imine (C=N–C) groups is 1. The van der Waals surface area contributed by atoms with Gasteiger partial charge in [-0.15, -0.1) is 0 Å². The van der Waals surface area contributed by atoms with E-state index in [0.717, 1.165) is 4.47 Å². The van der Waals surface area contributed by atoms with Gasteiger partial charge in [-0.05, 0) is 79.5 Å². The van der Waals surface area contributed by atoms with Crippen LogP contribution in [-0.4, -0.2) is 52.9 Å². The van der Waals surface area contributed by atoms with Gasteiger partial charge in [-0.1, -0.05) is 11.8 Å². The Labute approximate surface area is 209 Å². The van der Waals surface area contributed by atoms with Crippen LogP contribution in [0.3, 0.4) is 0 Å². The van der Waals surface area contributed by atoms with Crippen LogP contribution in [0.25, 0.3) is 0 Å². The number of aromatic nitrogens is 1. The molecule has 1 aliphatic rings. The lowest BCUT2D eigenvalue weighted by Gasteiger charge is -2.23. The molecule has 0 radical (unpaired) electrons. The van der Waals surface area contributed by atoms with Crippen molar-refractivity contribution in [2.45, 2.75) is 58.8 Å². The number of nitrogens with one attached hydrogen (secondary N) is 3. The molecule has 2 heterocycles. The van der Waals surface area contributed by atoms with Crippen LogP contribution < -0.4 is 16.0 Å². The summed E-state index contributed by atoms with van der Waals surface area (Å²) in [6.45, 7) is 10.6. The molecule has 1 aromatic rings. The molecule has 10 nitrogen and oxygen atoms in total. The van der Waals surface area contributed by atoms with Crippen LogP contribution in [-0.2, 0) is 9.47 Å². The minimum absolute atomic E-state index is 0.0409. The molecule has 0 aromatic carbocycles. The number of halogens is 2. The molecule has 2 rings (SSSR count). The smallest absolute Gasteiger partial charge is 0.414 e. The van der Waals surface area contributed by atoms with E-state index in [-0.39, 0.29) is 24.5 Å². The molecule has 1 atom stereocenters. The van der Waals surface area contributed by atoms with Gasteiger partial charge in [0.05, 0.1) is 11.0 Å². The summed E-state index contributed by atoms with van der Waals surface area (Å²) in [5.41, 5.74) is -0.994. The Bertz CT molecular complexity index is 993. The molecule has 0 saturated heterocycles. The van der Waals surface area contributed by atoms with Crippen LogP contribution in [0.4, 0.5) is 9.59 Å². The summed E-state index contributed by atoms with van der Waals surface area (Å²) >= 11 is 6.85. The van der Waals surface area contributed by atoms with E-state index < -0.39 is 23.4 Å². The highest BCUT2D eigenvalue weighted by molar-refractivity contribution is 9.13. The van der Waals surface area contributed by atoms with E-state index in [4.69, 9.17) is 9.47 Å². The lowest BCUT2D eigenvalue weighted by atomic mass is 10.2. The molecule has 12 heteroatoms. The standard InChI is InChI=1S/C21H27Br2N5O5/c1-20(2,3)32-18(30)26-17(27-19(31)33-21(4,5)6)24-9-7-8-12-11-25-16(29)14-10-13(22)15(23)28(12)14/h10,12H,9,11H2,1-6H3,(H,25,29)(H2,24,26,27,30,31)/t12-/m0/s1. The zero-order valence-electron chi connectivity index (χ0n) is 19.3. The van der Waals surface area contributed by atoms with Crippen molar-refractivity contribution in [1.82, 2.24) is 20.5 Å². The van der Waals surface area contributed by atoms with Crippen LogP contribution in [0.1, 0.15) is 58.1 Å². The van der Waals surface area contributed by atoms with E-state index in [1.807, 2.05) is 0 Å². The predicted molar refractivity (Wildman–Crippen MR) is 130 cm³/mol. The fraction of sp³-hybridized carbons (Fsp3) is 0.524. The van der Waals surface area contributed by atoms with Crippen LogP contribution in [0.15, 0.2) is 20.1 Å². The molecule has 0 unspecified atom stereocenters. The Morgan fingerprint density at radius 2 is 1.70 bits per heavy atom. The predicted octanol–water partition coefficient (Wildman–Crippen LogP) is 3.71. The minimum atomic E-state index is -0.786. The maximum absolute atomic E-state index is 12.1. The van der Waals surface area contributed by atoms with Gasteiger partial charge in [0.2, 0.25) is 5.96 Å². The van der Waals surface area contributed by atoms with E-state index in [0.29, 0.717) is 16.8 Å². The fourth-order valence-corrected chi connectivity index (χ4v) is 3.59. The number of ether oxygens (including phenoxy) is 2. The first-order valence-electron chi connectivity index (χ1n) is 10.0. The molecule has 0 spiro atoms. The molecule has 33 heavy (non-hydrogen) atoms. The number of alkyl carbamates (subject to hydrolysis) is 2. The summed E-state index contributed by atoms with van der Waals surface area (Å²) in [5.74, 6) is 5.59. The second-order valence-electron chi connectivity index (χ2n) is 9.00. The Balaban J connectivity index is 2.16. The molecular formula is C21H27Br2N5O5. The van der Waals surface area contributed by atoms with Gasteiger partial charge in [0.25, 0.3) is 5.91 Å².